The minimum atomic E-state index is 0.162. The van der Waals surface area contributed by atoms with Crippen molar-refractivity contribution in [2.75, 3.05) is 26.9 Å². The fraction of sp³-hybridized carbons (Fsp3) is 0.571. The minimum absolute atomic E-state index is 0.162. The molecule has 1 aliphatic heterocycles. The number of unbranched alkanes of at least 4 members (excludes halogenated alkanes) is 1. The van der Waals surface area contributed by atoms with E-state index in [1.165, 1.54) is 5.56 Å². The van der Waals surface area contributed by atoms with Crippen molar-refractivity contribution in [2.24, 2.45) is 5.73 Å². The van der Waals surface area contributed by atoms with E-state index >= 15 is 0 Å². The third-order valence-electron chi connectivity index (χ3n) is 3.07. The molecule has 4 heteroatoms. The molecule has 1 fully saturated rings. The molecule has 0 aliphatic carbocycles. The standard InChI is InChI=1S/C14H21NO3/c1-16-13-7-4-6-11(5-2-3-8-15)14(13)18-12-9-17-10-12/h4,6-7,12H,2-3,5,8-10,15H2,1H3. The first-order valence-corrected chi connectivity index (χ1v) is 6.45. The predicted octanol–water partition coefficient (Wildman–Crippen LogP) is 1.75. The van der Waals surface area contributed by atoms with Crippen LogP contribution in [0.15, 0.2) is 18.2 Å². The Hall–Kier alpha value is -1.26. The molecule has 1 aromatic rings. The summed E-state index contributed by atoms with van der Waals surface area (Å²) in [4.78, 5) is 0. The molecule has 1 heterocycles. The zero-order chi connectivity index (χ0) is 12.8. The first kappa shape index (κ1) is 13.2. The molecule has 0 radical (unpaired) electrons. The fourth-order valence-electron chi connectivity index (χ4n) is 1.96. The van der Waals surface area contributed by atoms with Gasteiger partial charge in [-0.05, 0) is 37.4 Å². The number of para-hydroxylation sites is 1. The van der Waals surface area contributed by atoms with Crippen LogP contribution in [0.5, 0.6) is 11.5 Å². The van der Waals surface area contributed by atoms with Crippen molar-refractivity contribution in [3.05, 3.63) is 23.8 Å². The van der Waals surface area contributed by atoms with Crippen molar-refractivity contribution in [3.63, 3.8) is 0 Å². The van der Waals surface area contributed by atoms with Gasteiger partial charge in [-0.2, -0.15) is 0 Å². The van der Waals surface area contributed by atoms with Gasteiger partial charge >= 0.3 is 0 Å². The second kappa shape index (κ2) is 6.61. The van der Waals surface area contributed by atoms with Gasteiger partial charge in [-0.1, -0.05) is 12.1 Å². The lowest BCUT2D eigenvalue weighted by atomic mass is 10.1. The van der Waals surface area contributed by atoms with Crippen LogP contribution in [0.1, 0.15) is 18.4 Å². The van der Waals surface area contributed by atoms with Crippen LogP contribution < -0.4 is 15.2 Å². The van der Waals surface area contributed by atoms with Gasteiger partial charge in [-0.3, -0.25) is 0 Å². The first-order valence-electron chi connectivity index (χ1n) is 6.45. The molecular formula is C14H21NO3. The summed E-state index contributed by atoms with van der Waals surface area (Å²) in [5, 5.41) is 0. The van der Waals surface area contributed by atoms with Crippen LogP contribution in [0.25, 0.3) is 0 Å². The molecule has 1 aliphatic rings. The molecule has 2 N–H and O–H groups in total. The van der Waals surface area contributed by atoms with E-state index in [0.717, 1.165) is 37.3 Å². The van der Waals surface area contributed by atoms with Crippen molar-refractivity contribution >= 4 is 0 Å². The van der Waals surface area contributed by atoms with E-state index < -0.39 is 0 Å². The molecule has 1 saturated heterocycles. The second-order valence-corrected chi connectivity index (χ2v) is 4.47. The van der Waals surface area contributed by atoms with Gasteiger partial charge in [-0.15, -0.1) is 0 Å². The minimum Gasteiger partial charge on any atom is -0.493 e. The fourth-order valence-corrected chi connectivity index (χ4v) is 1.96. The summed E-state index contributed by atoms with van der Waals surface area (Å²) in [5.41, 5.74) is 6.72. The Bertz CT molecular complexity index is 377. The maximum atomic E-state index is 5.95. The second-order valence-electron chi connectivity index (χ2n) is 4.47. The molecule has 0 amide bonds. The smallest absolute Gasteiger partial charge is 0.165 e. The lowest BCUT2D eigenvalue weighted by Crippen LogP contribution is -2.38. The van der Waals surface area contributed by atoms with Gasteiger partial charge in [0.25, 0.3) is 0 Å². The lowest BCUT2D eigenvalue weighted by molar-refractivity contribution is -0.0806. The van der Waals surface area contributed by atoms with Gasteiger partial charge in [0.1, 0.15) is 6.10 Å². The van der Waals surface area contributed by atoms with Crippen molar-refractivity contribution < 1.29 is 14.2 Å². The summed E-state index contributed by atoms with van der Waals surface area (Å²) >= 11 is 0. The van der Waals surface area contributed by atoms with Crippen molar-refractivity contribution in [1.29, 1.82) is 0 Å². The lowest BCUT2D eigenvalue weighted by Gasteiger charge is -2.28. The molecule has 18 heavy (non-hydrogen) atoms. The van der Waals surface area contributed by atoms with Crippen molar-refractivity contribution in [1.82, 2.24) is 0 Å². The summed E-state index contributed by atoms with van der Waals surface area (Å²) in [6.07, 6.45) is 3.23. The molecule has 0 unspecified atom stereocenters. The van der Waals surface area contributed by atoms with Gasteiger partial charge in [0, 0.05) is 0 Å². The maximum absolute atomic E-state index is 5.95. The van der Waals surface area contributed by atoms with Gasteiger partial charge < -0.3 is 19.9 Å². The van der Waals surface area contributed by atoms with Gasteiger partial charge in [0.05, 0.1) is 20.3 Å². The summed E-state index contributed by atoms with van der Waals surface area (Å²) in [6.45, 7) is 2.07. The normalized spacial score (nSPS) is 15.2. The van der Waals surface area contributed by atoms with Crippen LogP contribution in [0.4, 0.5) is 0 Å². The Balaban J connectivity index is 2.09. The van der Waals surface area contributed by atoms with E-state index in [2.05, 4.69) is 6.07 Å². The van der Waals surface area contributed by atoms with Crippen LogP contribution in [0.3, 0.4) is 0 Å². The SMILES string of the molecule is COc1cccc(CCCCN)c1OC1COC1. The van der Waals surface area contributed by atoms with Crippen LogP contribution in [-0.2, 0) is 11.2 Å². The van der Waals surface area contributed by atoms with Crippen molar-refractivity contribution in [3.8, 4) is 11.5 Å². The van der Waals surface area contributed by atoms with E-state index in [1.807, 2.05) is 12.1 Å². The average molecular weight is 251 g/mol. The van der Waals surface area contributed by atoms with E-state index in [4.69, 9.17) is 19.9 Å². The van der Waals surface area contributed by atoms with Crippen molar-refractivity contribution in [2.45, 2.75) is 25.4 Å². The summed E-state index contributed by atoms with van der Waals surface area (Å²) in [6, 6.07) is 6.02. The highest BCUT2D eigenvalue weighted by Crippen LogP contribution is 2.33. The van der Waals surface area contributed by atoms with E-state index in [1.54, 1.807) is 7.11 Å². The quantitative estimate of drug-likeness (QED) is 0.750. The maximum Gasteiger partial charge on any atom is 0.165 e. The summed E-state index contributed by atoms with van der Waals surface area (Å²) in [7, 11) is 1.67. The van der Waals surface area contributed by atoms with Gasteiger partial charge in [0.2, 0.25) is 0 Å². The van der Waals surface area contributed by atoms with Crippen LogP contribution >= 0.6 is 0 Å². The van der Waals surface area contributed by atoms with Crippen LogP contribution in [-0.4, -0.2) is 33.0 Å². The number of hydrogen-bond donors (Lipinski definition) is 1. The zero-order valence-electron chi connectivity index (χ0n) is 10.9. The molecule has 2 rings (SSSR count). The summed E-state index contributed by atoms with van der Waals surface area (Å²) in [5.74, 6) is 1.66. The number of hydrogen-bond acceptors (Lipinski definition) is 4. The zero-order valence-corrected chi connectivity index (χ0v) is 10.9. The molecule has 0 aromatic heterocycles. The number of benzene rings is 1. The number of ether oxygens (including phenoxy) is 3. The van der Waals surface area contributed by atoms with Gasteiger partial charge in [0.15, 0.2) is 11.5 Å². The third-order valence-corrected chi connectivity index (χ3v) is 3.07. The molecule has 0 atom stereocenters. The average Bonchev–Trinajstić information content (AvgIpc) is 2.34. The van der Waals surface area contributed by atoms with E-state index in [-0.39, 0.29) is 6.10 Å². The Morgan fingerprint density at radius 2 is 2.17 bits per heavy atom. The first-order chi connectivity index (χ1) is 8.85. The van der Waals surface area contributed by atoms with Crippen LogP contribution in [0, 0.1) is 0 Å². The largest absolute Gasteiger partial charge is 0.493 e. The summed E-state index contributed by atoms with van der Waals surface area (Å²) < 4.78 is 16.5. The van der Waals surface area contributed by atoms with Crippen LogP contribution in [0.2, 0.25) is 0 Å². The predicted molar refractivity (Wildman–Crippen MR) is 70.2 cm³/mol. The highest BCUT2D eigenvalue weighted by Gasteiger charge is 2.23. The molecule has 4 nitrogen and oxygen atoms in total. The molecular weight excluding hydrogens is 230 g/mol. The number of methoxy groups -OCH3 is 1. The molecule has 0 spiro atoms. The molecule has 1 aromatic carbocycles. The Morgan fingerprint density at radius 1 is 1.33 bits per heavy atom. The topological polar surface area (TPSA) is 53.7 Å². The Labute approximate surface area is 108 Å². The highest BCUT2D eigenvalue weighted by molar-refractivity contribution is 5.47. The Morgan fingerprint density at radius 3 is 2.78 bits per heavy atom. The number of nitrogens with two attached hydrogens (primary N) is 1. The van der Waals surface area contributed by atoms with E-state index in [9.17, 15) is 0 Å². The highest BCUT2D eigenvalue weighted by atomic mass is 16.6. The van der Waals surface area contributed by atoms with Gasteiger partial charge in [-0.25, -0.2) is 0 Å². The number of rotatable bonds is 7. The third kappa shape index (κ3) is 3.15. The Kier molecular flexibility index (Phi) is 4.84. The number of aryl methyl sites for hydroxylation is 1. The van der Waals surface area contributed by atoms with E-state index in [0.29, 0.717) is 13.2 Å². The molecule has 0 bridgehead atoms. The monoisotopic (exact) mass is 251 g/mol. The molecule has 100 valence electrons. The molecule has 0 saturated carbocycles.